The highest BCUT2D eigenvalue weighted by Gasteiger charge is 2.48. The van der Waals surface area contributed by atoms with Gasteiger partial charge in [0.2, 0.25) is 33.7 Å². The van der Waals surface area contributed by atoms with Gasteiger partial charge in [0, 0.05) is 74.0 Å². The van der Waals surface area contributed by atoms with Gasteiger partial charge in [0.15, 0.2) is 0 Å². The Morgan fingerprint density at radius 3 is 2.41 bits per heavy atom. The molecule has 5 aliphatic rings. The Bertz CT molecular complexity index is 2670. The van der Waals surface area contributed by atoms with E-state index in [1.165, 1.54) is 17.4 Å². The molecule has 336 valence electrons. The average molecular weight is 913 g/mol. The zero-order chi connectivity index (χ0) is 45.1. The third-order valence-corrected chi connectivity index (χ3v) is 16.1. The lowest BCUT2D eigenvalue weighted by atomic mass is 9.71. The molecule has 0 aliphatic carbocycles. The monoisotopic (exact) mass is 912 g/mol. The van der Waals surface area contributed by atoms with Crippen LogP contribution in [0.25, 0.3) is 21.8 Å². The number of carbonyl (C=O) groups excluding carboxylic acids is 5. The van der Waals surface area contributed by atoms with Crippen molar-refractivity contribution in [1.29, 1.82) is 0 Å². The minimum Gasteiger partial charge on any atom is -0.370 e. The lowest BCUT2D eigenvalue weighted by molar-refractivity contribution is -0.136. The quantitative estimate of drug-likeness (QED) is 0.182. The minimum absolute atomic E-state index is 0.0103. The molecule has 2 aromatic carbocycles. The number of carbonyl (C=O) groups is 5. The lowest BCUT2D eigenvalue weighted by Gasteiger charge is -2.55. The molecule has 9 rings (SSSR count). The number of likely N-dealkylation sites (tertiary alicyclic amines) is 2. The van der Waals surface area contributed by atoms with Crippen molar-refractivity contribution >= 4 is 62.5 Å². The SMILES string of the molecule is CCC(c1cccc(-c2nc(C3CCN(C(=O)CN4CCC5(CC4)CN(c4ccc6c(c4)C(=O)N(C4CCC(=O)NC4=O)C6=O)C5)CC3)sc2-c2ccnc(NC)n2)c1F)S(N)(=O)=O. The number of nitrogens with two attached hydrogens (primary N) is 1. The normalized spacial score (nSPS) is 20.9. The summed E-state index contributed by atoms with van der Waals surface area (Å²) in [5.74, 6) is -2.32. The van der Waals surface area contributed by atoms with Crippen molar-refractivity contribution in [3.63, 3.8) is 0 Å². The molecule has 17 nitrogen and oxygen atoms in total. The molecule has 4 fully saturated rings. The van der Waals surface area contributed by atoms with Crippen LogP contribution in [0.3, 0.4) is 0 Å². The van der Waals surface area contributed by atoms with Crippen LogP contribution in [-0.4, -0.2) is 127 Å². The van der Waals surface area contributed by atoms with Gasteiger partial charge in [-0.25, -0.2) is 32.9 Å². The predicted molar refractivity (Wildman–Crippen MR) is 236 cm³/mol. The summed E-state index contributed by atoms with van der Waals surface area (Å²) < 4.78 is 41.2. The number of piperidine rings is 3. The van der Waals surface area contributed by atoms with Gasteiger partial charge < -0.3 is 15.1 Å². The van der Waals surface area contributed by atoms with Gasteiger partial charge in [0.05, 0.1) is 38.9 Å². The Kier molecular flexibility index (Phi) is 11.6. The number of nitrogens with zero attached hydrogens (tertiary/aromatic N) is 7. The van der Waals surface area contributed by atoms with Gasteiger partial charge in [-0.1, -0.05) is 19.1 Å². The number of imide groups is 2. The number of nitrogens with one attached hydrogen (secondary N) is 2. The van der Waals surface area contributed by atoms with E-state index in [9.17, 15) is 32.4 Å². The molecular formula is C44H49FN10O7S2. The van der Waals surface area contributed by atoms with Crippen LogP contribution in [0.4, 0.5) is 16.0 Å². The van der Waals surface area contributed by atoms with Gasteiger partial charge in [0.25, 0.3) is 11.8 Å². The van der Waals surface area contributed by atoms with Crippen molar-refractivity contribution in [2.24, 2.45) is 10.6 Å². The second kappa shape index (κ2) is 17.0. The molecular weight excluding hydrogens is 864 g/mol. The number of aromatic nitrogens is 3. The van der Waals surface area contributed by atoms with Crippen LogP contribution in [0.15, 0.2) is 48.7 Å². The zero-order valence-corrected chi connectivity index (χ0v) is 37.1. The molecule has 5 amide bonds. The van der Waals surface area contributed by atoms with Gasteiger partial charge in [0.1, 0.15) is 17.1 Å². The first-order valence-corrected chi connectivity index (χ1v) is 24.0. The van der Waals surface area contributed by atoms with Crippen molar-refractivity contribution in [2.75, 3.05) is 63.1 Å². The van der Waals surface area contributed by atoms with Crippen molar-refractivity contribution in [1.82, 2.24) is 35.0 Å². The van der Waals surface area contributed by atoms with Crippen LogP contribution in [0.1, 0.15) is 94.3 Å². The maximum Gasteiger partial charge on any atom is 0.262 e. The number of fused-ring (bicyclic) bond motifs is 1. The molecule has 2 aromatic heterocycles. The number of anilines is 2. The standard InChI is InChI=1S/C44H49FN10O7S2/c1-3-33(64(46,61)62)28-5-4-6-29(36(28)45)37-38(31-11-16-48-43(47-2)49-31)63-40(51-37)25-12-17-53(18-13-25)35(57)22-52-19-14-44(15-20-52)23-54(24-44)26-7-8-27-30(21-26)42(60)55(41(27)59)32-9-10-34(56)50-39(32)58/h4-8,11,16,21,25,32-33H,3,9-10,12-15,17-20,22-24H2,1-2H3,(H2,46,61,62)(H,47,48,49)(H,50,56,58). The molecule has 0 bridgehead atoms. The molecule has 4 saturated heterocycles. The van der Waals surface area contributed by atoms with Crippen LogP contribution in [-0.2, 0) is 24.4 Å². The predicted octanol–water partition coefficient (Wildman–Crippen LogP) is 3.90. The first kappa shape index (κ1) is 43.5. The van der Waals surface area contributed by atoms with E-state index in [1.807, 2.05) is 11.0 Å². The number of hydrogen-bond donors (Lipinski definition) is 3. The zero-order valence-electron chi connectivity index (χ0n) is 35.5. The number of halogens is 1. The number of primary sulfonamides is 1. The largest absolute Gasteiger partial charge is 0.370 e. The van der Waals surface area contributed by atoms with E-state index in [0.717, 1.165) is 54.6 Å². The van der Waals surface area contributed by atoms with Gasteiger partial charge in [-0.3, -0.25) is 39.1 Å². The first-order chi connectivity index (χ1) is 30.7. The van der Waals surface area contributed by atoms with Crippen LogP contribution in [0, 0.1) is 11.2 Å². The Morgan fingerprint density at radius 2 is 1.72 bits per heavy atom. The van der Waals surface area contributed by atoms with Crippen LogP contribution < -0.4 is 20.7 Å². The molecule has 1 spiro atoms. The summed E-state index contributed by atoms with van der Waals surface area (Å²) in [6.45, 7) is 6.23. The third-order valence-electron chi connectivity index (χ3n) is 13.5. The number of benzene rings is 2. The van der Waals surface area contributed by atoms with Crippen LogP contribution in [0.5, 0.6) is 0 Å². The maximum absolute atomic E-state index is 16.4. The highest BCUT2D eigenvalue weighted by atomic mass is 32.2. The third kappa shape index (κ3) is 8.04. The highest BCUT2D eigenvalue weighted by Crippen LogP contribution is 2.45. The number of thiazole rings is 1. The second-order valence-corrected chi connectivity index (χ2v) is 20.2. The second-order valence-electron chi connectivity index (χ2n) is 17.4. The highest BCUT2D eigenvalue weighted by molar-refractivity contribution is 7.89. The fourth-order valence-electron chi connectivity index (χ4n) is 9.85. The summed E-state index contributed by atoms with van der Waals surface area (Å²) in [7, 11) is -2.37. The van der Waals surface area contributed by atoms with Crippen molar-refractivity contribution in [2.45, 2.75) is 69.1 Å². The van der Waals surface area contributed by atoms with E-state index in [1.54, 1.807) is 50.5 Å². The summed E-state index contributed by atoms with van der Waals surface area (Å²) in [4.78, 5) is 86.1. The van der Waals surface area contributed by atoms with Crippen LogP contribution >= 0.6 is 11.3 Å². The van der Waals surface area contributed by atoms with Crippen molar-refractivity contribution in [3.8, 4) is 21.8 Å². The topological polar surface area (TPSA) is 221 Å². The number of amides is 5. The molecule has 5 aliphatic heterocycles. The fraction of sp³-hybridized carbons (Fsp3) is 0.455. The summed E-state index contributed by atoms with van der Waals surface area (Å²) in [6, 6.07) is 10.6. The van der Waals surface area contributed by atoms with Crippen molar-refractivity contribution < 1.29 is 36.8 Å². The molecule has 4 N–H and O–H groups in total. The van der Waals surface area contributed by atoms with E-state index in [4.69, 9.17) is 10.1 Å². The van der Waals surface area contributed by atoms with Gasteiger partial charge >= 0.3 is 0 Å². The number of rotatable bonds is 11. The molecule has 7 heterocycles. The van der Waals surface area contributed by atoms with E-state index in [2.05, 4.69) is 30.4 Å². The summed E-state index contributed by atoms with van der Waals surface area (Å²) in [5.41, 5.74) is 2.50. The fourth-order valence-corrected chi connectivity index (χ4v) is 12.1. The molecule has 2 unspecified atom stereocenters. The number of hydrogen-bond acceptors (Lipinski definition) is 14. The summed E-state index contributed by atoms with van der Waals surface area (Å²) in [6.07, 6.45) is 5.07. The number of sulfonamides is 1. The summed E-state index contributed by atoms with van der Waals surface area (Å²) in [5, 5.41) is 10.3. The molecule has 0 radical (unpaired) electrons. The Labute approximate surface area is 373 Å². The Morgan fingerprint density at radius 1 is 0.984 bits per heavy atom. The molecule has 0 saturated carbocycles. The molecule has 2 atom stereocenters. The van der Waals surface area contributed by atoms with Gasteiger partial charge in [-0.05, 0) is 81.9 Å². The molecule has 4 aromatic rings. The Balaban J connectivity index is 0.807. The van der Waals surface area contributed by atoms with Crippen LogP contribution in [0.2, 0.25) is 0 Å². The van der Waals surface area contributed by atoms with E-state index >= 15 is 4.39 Å². The van der Waals surface area contributed by atoms with Gasteiger partial charge in [-0.2, -0.15) is 0 Å². The van der Waals surface area contributed by atoms with Gasteiger partial charge in [-0.15, -0.1) is 11.3 Å². The average Bonchev–Trinajstić information content (AvgIpc) is 3.82. The summed E-state index contributed by atoms with van der Waals surface area (Å²) >= 11 is 1.42. The molecule has 20 heteroatoms. The maximum atomic E-state index is 16.4. The van der Waals surface area contributed by atoms with Crippen molar-refractivity contribution in [3.05, 3.63) is 76.2 Å². The first-order valence-electron chi connectivity index (χ1n) is 21.6. The van der Waals surface area contributed by atoms with E-state index in [-0.39, 0.29) is 58.8 Å². The van der Waals surface area contributed by atoms with E-state index < -0.39 is 50.8 Å². The smallest absolute Gasteiger partial charge is 0.262 e. The Hall–Kier alpha value is -5.70. The molecule has 64 heavy (non-hydrogen) atoms. The van der Waals surface area contributed by atoms with E-state index in [0.29, 0.717) is 54.7 Å². The minimum atomic E-state index is -4.08. The lowest BCUT2D eigenvalue weighted by Crippen LogP contribution is -2.61.